The highest BCUT2D eigenvalue weighted by Crippen LogP contribution is 2.46. The summed E-state index contributed by atoms with van der Waals surface area (Å²) in [5.74, 6) is -1.75. The number of ether oxygens (including phenoxy) is 1. The van der Waals surface area contributed by atoms with Crippen LogP contribution < -0.4 is 10.6 Å². The maximum absolute atomic E-state index is 15.9. The lowest BCUT2D eigenvalue weighted by molar-refractivity contribution is 0.0464. The van der Waals surface area contributed by atoms with Crippen LogP contribution in [0.4, 0.5) is 19.3 Å². The van der Waals surface area contributed by atoms with Crippen LogP contribution in [0.25, 0.3) is 22.0 Å². The van der Waals surface area contributed by atoms with E-state index in [9.17, 15) is 4.79 Å². The molecule has 1 saturated carbocycles. The molecule has 2 atom stereocenters. The van der Waals surface area contributed by atoms with E-state index in [1.807, 2.05) is 32.9 Å². The van der Waals surface area contributed by atoms with Crippen LogP contribution in [0.15, 0.2) is 36.5 Å². The van der Waals surface area contributed by atoms with E-state index in [4.69, 9.17) is 4.74 Å². The number of H-pyrrole nitrogens is 1. The molecule has 0 saturated heterocycles. The fourth-order valence-electron chi connectivity index (χ4n) is 4.71. The number of carbonyl (C=O) groups is 1. The largest absolute Gasteiger partial charge is 0.443 e. The van der Waals surface area contributed by atoms with Gasteiger partial charge in [-0.1, -0.05) is 25.1 Å². The third-order valence-corrected chi connectivity index (χ3v) is 6.32. The van der Waals surface area contributed by atoms with Gasteiger partial charge in [-0.2, -0.15) is 0 Å². The highest BCUT2D eigenvalue weighted by atomic mass is 19.1. The second kappa shape index (κ2) is 6.97. The van der Waals surface area contributed by atoms with Gasteiger partial charge in [-0.3, -0.25) is 0 Å². The van der Waals surface area contributed by atoms with E-state index in [0.29, 0.717) is 22.3 Å². The van der Waals surface area contributed by atoms with Gasteiger partial charge in [0.25, 0.3) is 0 Å². The number of benzene rings is 2. The third kappa shape index (κ3) is 3.32. The van der Waals surface area contributed by atoms with Gasteiger partial charge < -0.3 is 20.4 Å². The number of fused-ring (bicyclic) bond motifs is 2. The molecule has 0 radical (unpaired) electrons. The van der Waals surface area contributed by atoms with Gasteiger partial charge in [0.05, 0.1) is 16.6 Å². The number of aromatic nitrogens is 1. The van der Waals surface area contributed by atoms with Crippen molar-refractivity contribution in [2.24, 2.45) is 0 Å². The summed E-state index contributed by atoms with van der Waals surface area (Å²) in [5.41, 5.74) is 1.06. The molecule has 0 unspecified atom stereocenters. The molecule has 1 aromatic heterocycles. The summed E-state index contributed by atoms with van der Waals surface area (Å²) in [6, 6.07) is 8.74. The van der Waals surface area contributed by atoms with Crippen LogP contribution in [0.2, 0.25) is 0 Å². The third-order valence-electron chi connectivity index (χ3n) is 6.32. The number of carbonyl (C=O) groups excluding carboxylic acids is 1. The predicted octanol–water partition coefficient (Wildman–Crippen LogP) is 5.68. The monoisotopic (exact) mass is 425 g/mol. The minimum Gasteiger partial charge on any atom is -0.443 e. The molecule has 2 aliphatic rings. The fraction of sp³-hybridized carbons (Fsp3) is 0.375. The lowest BCUT2D eigenvalue weighted by atomic mass is 9.77. The SMILES string of the molecule is C[C@@H]1c2c(cc(F)c(-c3cccc4cc[nH]c34)c2F)NC(C)(C)[C@H]1OC(=O)NC1CC1. The standard InChI is InChI=1S/C24H25F2N3O2/c1-12-18-17(29-24(2,3)22(12)31-23(30)28-14-7-8-14)11-16(25)19(20(18)26)15-6-4-5-13-9-10-27-21(13)15/h4-6,9-12,14,22,27,29H,7-8H2,1-3H3,(H,28,30)/t12-,22+/m1/s1. The van der Waals surface area contributed by atoms with Crippen LogP contribution >= 0.6 is 0 Å². The van der Waals surface area contributed by atoms with Crippen LogP contribution in [0, 0.1) is 11.6 Å². The first kappa shape index (κ1) is 19.8. The van der Waals surface area contributed by atoms with E-state index in [1.165, 1.54) is 6.07 Å². The van der Waals surface area contributed by atoms with Crippen molar-refractivity contribution in [2.45, 2.75) is 57.2 Å². The number of hydrogen-bond donors (Lipinski definition) is 3. The van der Waals surface area contributed by atoms with Gasteiger partial charge in [-0.15, -0.1) is 0 Å². The van der Waals surface area contributed by atoms with E-state index >= 15 is 8.78 Å². The molecule has 7 heteroatoms. The van der Waals surface area contributed by atoms with Gasteiger partial charge in [0, 0.05) is 35.0 Å². The number of rotatable bonds is 3. The van der Waals surface area contributed by atoms with Gasteiger partial charge in [-0.25, -0.2) is 13.6 Å². The Balaban J connectivity index is 1.59. The molecule has 2 aromatic carbocycles. The number of amides is 1. The van der Waals surface area contributed by atoms with E-state index in [-0.39, 0.29) is 11.6 Å². The summed E-state index contributed by atoms with van der Waals surface area (Å²) in [6.07, 6.45) is 2.50. The number of halogens is 2. The van der Waals surface area contributed by atoms with Gasteiger partial charge >= 0.3 is 6.09 Å². The summed E-state index contributed by atoms with van der Waals surface area (Å²) >= 11 is 0. The number of aromatic amines is 1. The first-order chi connectivity index (χ1) is 14.8. The van der Waals surface area contributed by atoms with Crippen molar-refractivity contribution in [1.29, 1.82) is 0 Å². The maximum atomic E-state index is 15.9. The minimum atomic E-state index is -0.701. The van der Waals surface area contributed by atoms with Crippen molar-refractivity contribution < 1.29 is 18.3 Å². The Kier molecular flexibility index (Phi) is 4.46. The molecule has 1 aliphatic heterocycles. The lowest BCUT2D eigenvalue weighted by Gasteiger charge is -2.44. The number of anilines is 1. The summed E-state index contributed by atoms with van der Waals surface area (Å²) in [6.45, 7) is 5.55. The molecule has 5 nitrogen and oxygen atoms in total. The smallest absolute Gasteiger partial charge is 0.407 e. The first-order valence-electron chi connectivity index (χ1n) is 10.6. The highest BCUT2D eigenvalue weighted by molar-refractivity contribution is 5.95. The fourth-order valence-corrected chi connectivity index (χ4v) is 4.71. The van der Waals surface area contributed by atoms with E-state index < -0.39 is 35.3 Å². The summed E-state index contributed by atoms with van der Waals surface area (Å²) < 4.78 is 36.9. The molecular formula is C24H25F2N3O2. The van der Waals surface area contributed by atoms with E-state index in [0.717, 1.165) is 18.2 Å². The first-order valence-corrected chi connectivity index (χ1v) is 10.6. The molecule has 3 aromatic rings. The minimum absolute atomic E-state index is 0.0821. The van der Waals surface area contributed by atoms with Crippen molar-refractivity contribution in [1.82, 2.24) is 10.3 Å². The van der Waals surface area contributed by atoms with E-state index in [1.54, 1.807) is 18.3 Å². The Labute approximate surface area is 179 Å². The normalized spacial score (nSPS) is 22.0. The molecule has 1 fully saturated rings. The van der Waals surface area contributed by atoms with Crippen molar-refractivity contribution >= 4 is 22.7 Å². The molecule has 5 rings (SSSR count). The molecule has 0 bridgehead atoms. The van der Waals surface area contributed by atoms with Gasteiger partial charge in [-0.05, 0) is 44.2 Å². The molecule has 1 aliphatic carbocycles. The molecule has 0 spiro atoms. The van der Waals surface area contributed by atoms with Crippen LogP contribution in [0.1, 0.15) is 45.1 Å². The molecule has 31 heavy (non-hydrogen) atoms. The summed E-state index contributed by atoms with van der Waals surface area (Å²) in [4.78, 5) is 15.4. The van der Waals surface area contributed by atoms with Crippen molar-refractivity contribution in [3.8, 4) is 11.1 Å². The average molecular weight is 425 g/mol. The zero-order valence-corrected chi connectivity index (χ0v) is 17.7. The Morgan fingerprint density at radius 2 is 2.00 bits per heavy atom. The van der Waals surface area contributed by atoms with Gasteiger partial charge in [0.15, 0.2) is 0 Å². The van der Waals surface area contributed by atoms with Crippen LogP contribution in [-0.4, -0.2) is 28.8 Å². The molecular weight excluding hydrogens is 400 g/mol. The van der Waals surface area contributed by atoms with Crippen LogP contribution in [-0.2, 0) is 4.74 Å². The Morgan fingerprint density at radius 3 is 2.74 bits per heavy atom. The Bertz CT molecular complexity index is 1180. The van der Waals surface area contributed by atoms with E-state index in [2.05, 4.69) is 15.6 Å². The molecule has 1 amide bonds. The topological polar surface area (TPSA) is 66.1 Å². The predicted molar refractivity (Wildman–Crippen MR) is 116 cm³/mol. The highest BCUT2D eigenvalue weighted by Gasteiger charge is 2.45. The van der Waals surface area contributed by atoms with Crippen LogP contribution in [0.5, 0.6) is 0 Å². The zero-order chi connectivity index (χ0) is 21.9. The number of nitrogens with one attached hydrogen (secondary N) is 3. The maximum Gasteiger partial charge on any atom is 0.407 e. The van der Waals surface area contributed by atoms with Crippen molar-refractivity contribution in [2.75, 3.05) is 5.32 Å². The second-order valence-corrected chi connectivity index (χ2v) is 9.14. The lowest BCUT2D eigenvalue weighted by Crippen LogP contribution is -2.53. The Hall–Kier alpha value is -3.09. The van der Waals surface area contributed by atoms with Crippen LogP contribution in [0.3, 0.4) is 0 Å². The number of hydrogen-bond acceptors (Lipinski definition) is 3. The second-order valence-electron chi connectivity index (χ2n) is 9.14. The number of para-hydroxylation sites is 1. The average Bonchev–Trinajstić information content (AvgIpc) is 3.36. The molecule has 162 valence electrons. The van der Waals surface area contributed by atoms with Crippen molar-refractivity contribution in [3.05, 3.63) is 53.7 Å². The summed E-state index contributed by atoms with van der Waals surface area (Å²) in [7, 11) is 0. The van der Waals surface area contributed by atoms with Gasteiger partial charge in [0.1, 0.15) is 17.7 Å². The zero-order valence-electron chi connectivity index (χ0n) is 17.7. The van der Waals surface area contributed by atoms with Crippen molar-refractivity contribution in [3.63, 3.8) is 0 Å². The Morgan fingerprint density at radius 1 is 1.23 bits per heavy atom. The molecule has 3 N–H and O–H groups in total. The summed E-state index contributed by atoms with van der Waals surface area (Å²) in [5, 5.41) is 6.88. The number of alkyl carbamates (subject to hydrolysis) is 1. The molecule has 2 heterocycles. The quantitative estimate of drug-likeness (QED) is 0.506. The van der Waals surface area contributed by atoms with Gasteiger partial charge in [0.2, 0.25) is 0 Å².